The number of aromatic nitrogens is 2. The molecule has 16 heavy (non-hydrogen) atoms. The number of aryl methyl sites for hydroxylation is 1. The number of hydrogen-bond acceptors (Lipinski definition) is 3. The number of primary amides is 1. The van der Waals surface area contributed by atoms with Crippen molar-refractivity contribution < 1.29 is 4.79 Å². The fourth-order valence-corrected chi connectivity index (χ4v) is 2.37. The van der Waals surface area contributed by atoms with Crippen molar-refractivity contribution in [2.75, 3.05) is 19.6 Å². The summed E-state index contributed by atoms with van der Waals surface area (Å²) in [5.41, 5.74) is 7.66. The summed E-state index contributed by atoms with van der Waals surface area (Å²) in [6.45, 7) is 4.33. The lowest BCUT2D eigenvalue weighted by Crippen LogP contribution is -2.39. The van der Waals surface area contributed by atoms with Crippen LogP contribution in [0.4, 0.5) is 0 Å². The standard InChI is InChI=1S/C11H18N4O/c1-8-6-13-14-11(8)9-2-4-15(5-3-9)7-10(12)16/h6,9H,2-5,7H2,1H3,(H2,12,16)(H,13,14). The highest BCUT2D eigenvalue weighted by molar-refractivity contribution is 5.75. The van der Waals surface area contributed by atoms with Crippen LogP contribution in [0.1, 0.15) is 30.0 Å². The molecule has 2 heterocycles. The maximum absolute atomic E-state index is 10.8. The molecule has 0 atom stereocenters. The molecule has 1 aromatic heterocycles. The van der Waals surface area contributed by atoms with Gasteiger partial charge in [0.05, 0.1) is 12.7 Å². The third kappa shape index (κ3) is 2.41. The number of nitrogens with two attached hydrogens (primary N) is 1. The Labute approximate surface area is 95.0 Å². The van der Waals surface area contributed by atoms with Crippen molar-refractivity contribution in [3.63, 3.8) is 0 Å². The molecule has 1 aromatic rings. The summed E-state index contributed by atoms with van der Waals surface area (Å²) < 4.78 is 0. The molecule has 1 saturated heterocycles. The fourth-order valence-electron chi connectivity index (χ4n) is 2.37. The molecule has 3 N–H and O–H groups in total. The minimum absolute atomic E-state index is 0.240. The first-order chi connectivity index (χ1) is 7.66. The van der Waals surface area contributed by atoms with Crippen LogP contribution in [-0.2, 0) is 4.79 Å². The number of piperidine rings is 1. The van der Waals surface area contributed by atoms with E-state index in [9.17, 15) is 4.79 Å². The van der Waals surface area contributed by atoms with Crippen LogP contribution in [0.15, 0.2) is 6.20 Å². The van der Waals surface area contributed by atoms with Crippen molar-refractivity contribution in [2.45, 2.75) is 25.7 Å². The lowest BCUT2D eigenvalue weighted by atomic mass is 9.92. The number of rotatable bonds is 3. The minimum Gasteiger partial charge on any atom is -0.369 e. The normalized spacial score (nSPS) is 18.8. The first-order valence-electron chi connectivity index (χ1n) is 5.67. The minimum atomic E-state index is -0.240. The lowest BCUT2D eigenvalue weighted by Gasteiger charge is -2.30. The van der Waals surface area contributed by atoms with E-state index in [1.54, 1.807) is 0 Å². The van der Waals surface area contributed by atoms with Gasteiger partial charge in [0, 0.05) is 11.6 Å². The van der Waals surface area contributed by atoms with Gasteiger partial charge in [-0.1, -0.05) is 0 Å². The Morgan fingerprint density at radius 3 is 2.81 bits per heavy atom. The monoisotopic (exact) mass is 222 g/mol. The molecule has 0 radical (unpaired) electrons. The largest absolute Gasteiger partial charge is 0.369 e. The molecule has 1 fully saturated rings. The summed E-state index contributed by atoms with van der Waals surface area (Å²) in [5.74, 6) is 0.308. The topological polar surface area (TPSA) is 75.0 Å². The number of carbonyl (C=O) groups excluding carboxylic acids is 1. The number of likely N-dealkylation sites (tertiary alicyclic amines) is 1. The highest BCUT2D eigenvalue weighted by atomic mass is 16.1. The number of nitrogens with one attached hydrogen (secondary N) is 1. The SMILES string of the molecule is Cc1cn[nH]c1C1CCN(CC(N)=O)CC1. The van der Waals surface area contributed by atoms with Gasteiger partial charge in [-0.15, -0.1) is 0 Å². The highest BCUT2D eigenvalue weighted by Crippen LogP contribution is 2.28. The summed E-state index contributed by atoms with van der Waals surface area (Å²) >= 11 is 0. The number of carbonyl (C=O) groups is 1. The van der Waals surface area contributed by atoms with Gasteiger partial charge in [-0.25, -0.2) is 0 Å². The molecular weight excluding hydrogens is 204 g/mol. The van der Waals surface area contributed by atoms with E-state index in [2.05, 4.69) is 22.0 Å². The molecule has 0 aromatic carbocycles. The van der Waals surface area contributed by atoms with Crippen LogP contribution in [0.25, 0.3) is 0 Å². The predicted octanol–water partition coefficient (Wildman–Crippen LogP) is 0.383. The van der Waals surface area contributed by atoms with E-state index in [-0.39, 0.29) is 5.91 Å². The van der Waals surface area contributed by atoms with Crippen LogP contribution >= 0.6 is 0 Å². The smallest absolute Gasteiger partial charge is 0.231 e. The summed E-state index contributed by atoms with van der Waals surface area (Å²) in [6, 6.07) is 0. The van der Waals surface area contributed by atoms with Crippen molar-refractivity contribution in [2.24, 2.45) is 5.73 Å². The van der Waals surface area contributed by atoms with E-state index in [1.807, 2.05) is 6.20 Å². The number of nitrogens with zero attached hydrogens (tertiary/aromatic N) is 2. The Morgan fingerprint density at radius 2 is 2.31 bits per heavy atom. The lowest BCUT2D eigenvalue weighted by molar-refractivity contribution is -0.119. The molecular formula is C11H18N4O. The summed E-state index contributed by atoms with van der Waals surface area (Å²) in [7, 11) is 0. The average molecular weight is 222 g/mol. The van der Waals surface area contributed by atoms with E-state index < -0.39 is 0 Å². The highest BCUT2D eigenvalue weighted by Gasteiger charge is 2.23. The second kappa shape index (κ2) is 4.65. The van der Waals surface area contributed by atoms with Crippen molar-refractivity contribution >= 4 is 5.91 Å². The molecule has 0 spiro atoms. The van der Waals surface area contributed by atoms with Crippen LogP contribution < -0.4 is 5.73 Å². The van der Waals surface area contributed by atoms with Gasteiger partial charge in [-0.3, -0.25) is 14.8 Å². The summed E-state index contributed by atoms with van der Waals surface area (Å²) in [6.07, 6.45) is 4.00. The van der Waals surface area contributed by atoms with Gasteiger partial charge >= 0.3 is 0 Å². The van der Waals surface area contributed by atoms with Gasteiger partial charge in [-0.2, -0.15) is 5.10 Å². The molecule has 5 nitrogen and oxygen atoms in total. The van der Waals surface area contributed by atoms with Gasteiger partial charge in [0.15, 0.2) is 0 Å². The maximum Gasteiger partial charge on any atom is 0.231 e. The zero-order valence-electron chi connectivity index (χ0n) is 9.57. The average Bonchev–Trinajstić information content (AvgIpc) is 2.65. The molecule has 0 unspecified atom stereocenters. The van der Waals surface area contributed by atoms with Gasteiger partial charge in [0.1, 0.15) is 0 Å². The Kier molecular flexibility index (Phi) is 3.24. The van der Waals surface area contributed by atoms with Crippen molar-refractivity contribution in [3.8, 4) is 0 Å². The third-order valence-electron chi connectivity index (χ3n) is 3.24. The molecule has 0 bridgehead atoms. The Hall–Kier alpha value is -1.36. The van der Waals surface area contributed by atoms with Gasteiger partial charge < -0.3 is 5.73 Å². The molecule has 1 amide bonds. The molecule has 0 aliphatic carbocycles. The molecule has 0 saturated carbocycles. The van der Waals surface area contributed by atoms with Crippen LogP contribution in [-0.4, -0.2) is 40.6 Å². The number of H-pyrrole nitrogens is 1. The molecule has 5 heteroatoms. The first kappa shape index (κ1) is 11.1. The molecule has 1 aliphatic heterocycles. The Bertz CT molecular complexity index is 366. The zero-order valence-corrected chi connectivity index (χ0v) is 9.57. The quantitative estimate of drug-likeness (QED) is 0.776. The molecule has 88 valence electrons. The number of hydrogen-bond donors (Lipinski definition) is 2. The van der Waals surface area contributed by atoms with E-state index in [4.69, 9.17) is 5.73 Å². The van der Waals surface area contributed by atoms with Crippen molar-refractivity contribution in [1.29, 1.82) is 0 Å². The molecule has 2 rings (SSSR count). The Balaban J connectivity index is 1.90. The van der Waals surface area contributed by atoms with Crippen LogP contribution in [0, 0.1) is 6.92 Å². The van der Waals surface area contributed by atoms with E-state index in [0.717, 1.165) is 25.9 Å². The van der Waals surface area contributed by atoms with Gasteiger partial charge in [0.2, 0.25) is 5.91 Å². The van der Waals surface area contributed by atoms with Crippen molar-refractivity contribution in [1.82, 2.24) is 15.1 Å². The van der Waals surface area contributed by atoms with Crippen LogP contribution in [0.3, 0.4) is 0 Å². The first-order valence-corrected chi connectivity index (χ1v) is 5.67. The fraction of sp³-hybridized carbons (Fsp3) is 0.636. The van der Waals surface area contributed by atoms with Gasteiger partial charge in [0.25, 0.3) is 0 Å². The van der Waals surface area contributed by atoms with Crippen molar-refractivity contribution in [3.05, 3.63) is 17.5 Å². The van der Waals surface area contributed by atoms with E-state index in [1.165, 1.54) is 11.3 Å². The number of amides is 1. The molecule has 1 aliphatic rings. The van der Waals surface area contributed by atoms with Crippen LogP contribution in [0.2, 0.25) is 0 Å². The maximum atomic E-state index is 10.8. The van der Waals surface area contributed by atoms with E-state index >= 15 is 0 Å². The Morgan fingerprint density at radius 1 is 1.62 bits per heavy atom. The van der Waals surface area contributed by atoms with Gasteiger partial charge in [-0.05, 0) is 38.4 Å². The second-order valence-corrected chi connectivity index (χ2v) is 4.48. The van der Waals surface area contributed by atoms with Crippen LogP contribution in [0.5, 0.6) is 0 Å². The zero-order chi connectivity index (χ0) is 11.5. The predicted molar refractivity (Wildman–Crippen MR) is 60.9 cm³/mol. The summed E-state index contributed by atoms with van der Waals surface area (Å²) in [5, 5.41) is 7.12. The number of aromatic amines is 1. The third-order valence-corrected chi connectivity index (χ3v) is 3.24. The van der Waals surface area contributed by atoms with E-state index in [0.29, 0.717) is 12.5 Å². The second-order valence-electron chi connectivity index (χ2n) is 4.48. The summed E-state index contributed by atoms with van der Waals surface area (Å²) in [4.78, 5) is 12.9.